The molecule has 8 atom stereocenters. The van der Waals surface area contributed by atoms with Crippen LogP contribution in [-0.4, -0.2) is 92.2 Å². The Labute approximate surface area is 261 Å². The maximum atomic E-state index is 7.96. The minimum absolute atomic E-state index is 0.228. The Morgan fingerprint density at radius 1 is 0.465 bits per heavy atom. The van der Waals surface area contributed by atoms with E-state index in [9.17, 15) is 0 Å². The predicted octanol–water partition coefficient (Wildman–Crippen LogP) is 6.46. The van der Waals surface area contributed by atoms with Gasteiger partial charge in [0, 0.05) is 28.4 Å². The van der Waals surface area contributed by atoms with Gasteiger partial charge < -0.3 is 42.6 Å². The highest BCUT2D eigenvalue weighted by molar-refractivity contribution is 5.14. The number of ether oxygens (including phenoxy) is 9. The molecule has 0 amide bonds. The fourth-order valence-corrected chi connectivity index (χ4v) is 8.60. The van der Waals surface area contributed by atoms with Crippen molar-refractivity contribution in [2.75, 3.05) is 54.9 Å². The molecule has 4 aliphatic rings. The summed E-state index contributed by atoms with van der Waals surface area (Å²) in [6.45, 7) is 11.3. The predicted molar refractivity (Wildman–Crippen MR) is 163 cm³/mol. The maximum Gasteiger partial charge on any atom is 0.167 e. The SMILES string of the molecule is CCCCC1(C(OC(C2(CCCC)COC2OC)C2(CCCC)COC2OC)C2(CCCC)COC2OC)COC1OC. The van der Waals surface area contributed by atoms with E-state index in [4.69, 9.17) is 42.6 Å². The summed E-state index contributed by atoms with van der Waals surface area (Å²) in [5.74, 6) is 0. The molecule has 4 aliphatic heterocycles. The van der Waals surface area contributed by atoms with Crippen LogP contribution in [0.25, 0.3) is 0 Å². The molecule has 252 valence electrons. The van der Waals surface area contributed by atoms with Crippen LogP contribution in [0.2, 0.25) is 0 Å². The summed E-state index contributed by atoms with van der Waals surface area (Å²) < 4.78 is 57.0. The summed E-state index contributed by atoms with van der Waals surface area (Å²) in [7, 11) is 7.04. The van der Waals surface area contributed by atoms with E-state index in [1.165, 1.54) is 0 Å². The first-order valence-corrected chi connectivity index (χ1v) is 17.1. The summed E-state index contributed by atoms with van der Waals surface area (Å²) >= 11 is 0. The van der Waals surface area contributed by atoms with Crippen molar-refractivity contribution in [3.63, 3.8) is 0 Å². The van der Waals surface area contributed by atoms with Gasteiger partial charge in [-0.3, -0.25) is 0 Å². The van der Waals surface area contributed by atoms with Crippen LogP contribution in [0.15, 0.2) is 0 Å². The Kier molecular flexibility index (Phi) is 12.8. The topological polar surface area (TPSA) is 83.1 Å². The molecule has 0 spiro atoms. The molecule has 4 heterocycles. The molecule has 0 aliphatic carbocycles. The van der Waals surface area contributed by atoms with Crippen LogP contribution in [0.4, 0.5) is 0 Å². The van der Waals surface area contributed by atoms with Crippen molar-refractivity contribution in [2.45, 2.75) is 142 Å². The molecule has 0 aromatic carbocycles. The molecule has 9 heteroatoms. The zero-order valence-electron chi connectivity index (χ0n) is 28.5. The van der Waals surface area contributed by atoms with Gasteiger partial charge in [-0.2, -0.15) is 0 Å². The highest BCUT2D eigenvalue weighted by Gasteiger charge is 2.72. The Bertz CT molecular complexity index is 707. The second-order valence-electron chi connectivity index (χ2n) is 13.8. The molecule has 4 fully saturated rings. The summed E-state index contributed by atoms with van der Waals surface area (Å²) in [5.41, 5.74) is -1.35. The molecular weight excluding hydrogens is 552 g/mol. The molecule has 0 saturated carbocycles. The Hall–Kier alpha value is -0.360. The monoisotopic (exact) mass is 614 g/mol. The van der Waals surface area contributed by atoms with Crippen molar-refractivity contribution in [3.8, 4) is 0 Å². The third-order valence-corrected chi connectivity index (χ3v) is 11.1. The van der Waals surface area contributed by atoms with E-state index in [1.54, 1.807) is 28.4 Å². The zero-order chi connectivity index (χ0) is 31.1. The number of hydrogen-bond acceptors (Lipinski definition) is 9. The maximum absolute atomic E-state index is 7.96. The van der Waals surface area contributed by atoms with Gasteiger partial charge in [0.2, 0.25) is 0 Å². The van der Waals surface area contributed by atoms with E-state index in [0.717, 1.165) is 77.0 Å². The Morgan fingerprint density at radius 3 is 0.837 bits per heavy atom. The highest BCUT2D eigenvalue weighted by Crippen LogP contribution is 2.62. The Balaban J connectivity index is 1.90. The van der Waals surface area contributed by atoms with Crippen LogP contribution in [-0.2, 0) is 42.6 Å². The van der Waals surface area contributed by atoms with E-state index in [1.807, 2.05) is 0 Å². The van der Waals surface area contributed by atoms with E-state index in [2.05, 4.69) is 27.7 Å². The van der Waals surface area contributed by atoms with Crippen molar-refractivity contribution in [1.82, 2.24) is 0 Å². The lowest BCUT2D eigenvalue weighted by molar-refractivity contribution is -0.445. The van der Waals surface area contributed by atoms with Crippen molar-refractivity contribution < 1.29 is 42.6 Å². The molecule has 8 unspecified atom stereocenters. The second kappa shape index (κ2) is 15.5. The molecule has 9 nitrogen and oxygen atoms in total. The molecule has 0 radical (unpaired) electrons. The summed E-state index contributed by atoms with van der Waals surface area (Å²) in [5, 5.41) is 0. The molecule has 0 aromatic rings. The minimum Gasteiger partial charge on any atom is -0.371 e. The average molecular weight is 615 g/mol. The van der Waals surface area contributed by atoms with Crippen LogP contribution >= 0.6 is 0 Å². The van der Waals surface area contributed by atoms with Crippen LogP contribution in [0.1, 0.15) is 105 Å². The van der Waals surface area contributed by atoms with Gasteiger partial charge in [-0.05, 0) is 25.7 Å². The lowest BCUT2D eigenvalue weighted by atomic mass is 9.57. The fraction of sp³-hybridized carbons (Fsp3) is 1.00. The van der Waals surface area contributed by atoms with Gasteiger partial charge >= 0.3 is 0 Å². The van der Waals surface area contributed by atoms with Crippen LogP contribution in [0.5, 0.6) is 0 Å². The second-order valence-corrected chi connectivity index (χ2v) is 13.8. The van der Waals surface area contributed by atoms with Gasteiger partial charge in [-0.1, -0.05) is 79.1 Å². The lowest BCUT2D eigenvalue weighted by Gasteiger charge is -2.67. The molecule has 43 heavy (non-hydrogen) atoms. The van der Waals surface area contributed by atoms with Crippen molar-refractivity contribution in [3.05, 3.63) is 0 Å². The quantitative estimate of drug-likeness (QED) is 0.136. The zero-order valence-corrected chi connectivity index (χ0v) is 28.5. The third-order valence-electron chi connectivity index (χ3n) is 11.1. The van der Waals surface area contributed by atoms with E-state index in [-0.39, 0.29) is 59.0 Å². The summed E-state index contributed by atoms with van der Waals surface area (Å²) in [4.78, 5) is 0. The first-order valence-electron chi connectivity index (χ1n) is 17.1. The fourth-order valence-electron chi connectivity index (χ4n) is 8.60. The van der Waals surface area contributed by atoms with Gasteiger partial charge in [0.25, 0.3) is 0 Å². The van der Waals surface area contributed by atoms with E-state index >= 15 is 0 Å². The number of rotatable bonds is 22. The first kappa shape index (κ1) is 35.5. The van der Waals surface area contributed by atoms with E-state index < -0.39 is 0 Å². The summed E-state index contributed by atoms with van der Waals surface area (Å²) in [6.07, 6.45) is 10.5. The van der Waals surface area contributed by atoms with Crippen LogP contribution in [0, 0.1) is 21.7 Å². The largest absolute Gasteiger partial charge is 0.371 e. The van der Waals surface area contributed by atoms with Crippen molar-refractivity contribution >= 4 is 0 Å². The smallest absolute Gasteiger partial charge is 0.167 e. The molecular formula is C34H62O9. The molecule has 4 rings (SSSR count). The average Bonchev–Trinajstić information content (AvgIpc) is 2.96. The van der Waals surface area contributed by atoms with Gasteiger partial charge in [0.05, 0.1) is 60.3 Å². The van der Waals surface area contributed by atoms with Crippen molar-refractivity contribution in [2.24, 2.45) is 21.7 Å². The van der Waals surface area contributed by atoms with Gasteiger partial charge in [0.1, 0.15) is 0 Å². The third kappa shape index (κ3) is 6.09. The molecule has 0 N–H and O–H groups in total. The van der Waals surface area contributed by atoms with Gasteiger partial charge in [0.15, 0.2) is 25.2 Å². The molecule has 0 bridgehead atoms. The lowest BCUT2D eigenvalue weighted by Crippen LogP contribution is -2.76. The number of hydrogen-bond donors (Lipinski definition) is 0. The first-order chi connectivity index (χ1) is 20.9. The van der Waals surface area contributed by atoms with Crippen molar-refractivity contribution in [1.29, 1.82) is 0 Å². The van der Waals surface area contributed by atoms with E-state index in [0.29, 0.717) is 26.4 Å². The minimum atomic E-state index is -0.355. The van der Waals surface area contributed by atoms with Crippen LogP contribution < -0.4 is 0 Å². The molecule has 0 aromatic heterocycles. The van der Waals surface area contributed by atoms with Gasteiger partial charge in [-0.25, -0.2) is 0 Å². The summed E-state index contributed by atoms with van der Waals surface area (Å²) in [6, 6.07) is 0. The van der Waals surface area contributed by atoms with Gasteiger partial charge in [-0.15, -0.1) is 0 Å². The normalized spacial score (nSPS) is 40.2. The number of unbranched alkanes of at least 4 members (excludes halogenated alkanes) is 4. The van der Waals surface area contributed by atoms with Crippen LogP contribution in [0.3, 0.4) is 0 Å². The Morgan fingerprint density at radius 2 is 0.698 bits per heavy atom. The molecule has 4 saturated heterocycles. The number of methoxy groups -OCH3 is 4. The highest BCUT2D eigenvalue weighted by atomic mass is 16.7. The standard InChI is InChI=1S/C34H62O9/c1-9-13-17-31(21-39-27(31)35-5)25(32(18-14-10-2)22-40-28(32)36-6)43-26(33(19-15-11-3)23-41-29(33)37-7)34(20-16-12-4)24-42-30(34)38-8/h25-30H,9-24H2,1-8H3.